The summed E-state index contributed by atoms with van der Waals surface area (Å²) in [6.45, 7) is 2.17. The van der Waals surface area contributed by atoms with E-state index in [4.69, 9.17) is 0 Å². The molecule has 0 aromatic carbocycles. The lowest BCUT2D eigenvalue weighted by Gasteiger charge is -1.90. The summed E-state index contributed by atoms with van der Waals surface area (Å²) in [7, 11) is 0. The molecule has 2 rings (SSSR count). The molecule has 2 aromatic rings. The molecule has 0 fully saturated rings. The van der Waals surface area contributed by atoms with E-state index in [1.165, 1.54) is 17.7 Å². The van der Waals surface area contributed by atoms with Gasteiger partial charge in [0.05, 0.1) is 4.88 Å². The van der Waals surface area contributed by atoms with E-state index in [0.29, 0.717) is 0 Å². The van der Waals surface area contributed by atoms with E-state index >= 15 is 0 Å². The van der Waals surface area contributed by atoms with Crippen LogP contribution in [0.25, 0.3) is 0 Å². The van der Waals surface area contributed by atoms with Crippen molar-refractivity contribution >= 4 is 29.0 Å². The predicted octanol–water partition coefficient (Wildman–Crippen LogP) is 4.65. The predicted molar refractivity (Wildman–Crippen MR) is 72.6 cm³/mol. The molecular weight excluding hydrogens is 236 g/mol. The lowest BCUT2D eigenvalue weighted by molar-refractivity contribution is 0.112. The van der Waals surface area contributed by atoms with Gasteiger partial charge in [0, 0.05) is 4.88 Å². The lowest BCUT2D eigenvalue weighted by Crippen LogP contribution is -1.76. The second-order valence-electron chi connectivity index (χ2n) is 3.32. The van der Waals surface area contributed by atoms with Crippen LogP contribution in [0.15, 0.2) is 35.0 Å². The summed E-state index contributed by atoms with van der Waals surface area (Å²) in [4.78, 5) is 12.5. The number of hydrogen-bond donors (Lipinski definition) is 0. The van der Waals surface area contributed by atoms with Crippen LogP contribution in [-0.4, -0.2) is 6.29 Å². The van der Waals surface area contributed by atoms with Gasteiger partial charge >= 0.3 is 0 Å². The SMILES string of the molecule is CCCCc1ccc(C=O)s1.c1ccsc1. The molecule has 16 heavy (non-hydrogen) atoms. The fourth-order valence-electron chi connectivity index (χ4n) is 1.17. The molecule has 0 saturated heterocycles. The van der Waals surface area contributed by atoms with E-state index in [1.807, 2.05) is 35.0 Å². The molecule has 0 N–H and O–H groups in total. The van der Waals surface area contributed by atoms with Crippen molar-refractivity contribution in [3.05, 3.63) is 44.8 Å². The number of unbranched alkanes of at least 4 members (excludes halogenated alkanes) is 1. The number of hydrogen-bond acceptors (Lipinski definition) is 3. The minimum atomic E-state index is 0.844. The van der Waals surface area contributed by atoms with Gasteiger partial charge in [0.2, 0.25) is 0 Å². The van der Waals surface area contributed by atoms with Gasteiger partial charge in [-0.3, -0.25) is 4.79 Å². The van der Waals surface area contributed by atoms with Crippen LogP contribution in [0.3, 0.4) is 0 Å². The molecule has 0 bridgehead atoms. The number of thiophene rings is 2. The van der Waals surface area contributed by atoms with Gasteiger partial charge in [0.25, 0.3) is 0 Å². The van der Waals surface area contributed by atoms with Crippen LogP contribution in [0.4, 0.5) is 0 Å². The number of carbonyl (C=O) groups excluding carboxylic acids is 1. The highest BCUT2D eigenvalue weighted by atomic mass is 32.1. The average molecular weight is 252 g/mol. The summed E-state index contributed by atoms with van der Waals surface area (Å²) < 4.78 is 0. The summed E-state index contributed by atoms with van der Waals surface area (Å²) in [5.41, 5.74) is 0. The van der Waals surface area contributed by atoms with Crippen LogP contribution in [-0.2, 0) is 6.42 Å². The first-order valence-electron chi connectivity index (χ1n) is 5.38. The second kappa shape index (κ2) is 8.25. The molecule has 86 valence electrons. The molecule has 1 nitrogen and oxygen atoms in total. The van der Waals surface area contributed by atoms with Crippen molar-refractivity contribution in [3.63, 3.8) is 0 Å². The van der Waals surface area contributed by atoms with E-state index in [2.05, 4.69) is 6.92 Å². The minimum absolute atomic E-state index is 0.844. The number of aldehydes is 1. The highest BCUT2D eigenvalue weighted by Gasteiger charge is 1.97. The van der Waals surface area contributed by atoms with Gasteiger partial charge < -0.3 is 0 Å². The second-order valence-corrected chi connectivity index (χ2v) is 5.34. The van der Waals surface area contributed by atoms with Crippen molar-refractivity contribution in [3.8, 4) is 0 Å². The summed E-state index contributed by atoms with van der Waals surface area (Å²) in [6.07, 6.45) is 4.47. The normalized spacial score (nSPS) is 9.31. The number of carbonyl (C=O) groups is 1. The standard InChI is InChI=1S/C9H12OS.C4H4S/c1-2-3-4-8-5-6-9(7-10)11-8;1-2-4-5-3-1/h5-7H,2-4H2,1H3;1-4H. The van der Waals surface area contributed by atoms with Gasteiger partial charge in [-0.15, -0.1) is 11.3 Å². The van der Waals surface area contributed by atoms with Gasteiger partial charge in [-0.25, -0.2) is 0 Å². The maximum Gasteiger partial charge on any atom is 0.160 e. The molecule has 0 unspecified atom stereocenters. The lowest BCUT2D eigenvalue weighted by atomic mass is 10.2. The van der Waals surface area contributed by atoms with E-state index in [1.54, 1.807) is 22.7 Å². The molecule has 0 saturated carbocycles. The third kappa shape index (κ3) is 5.24. The molecule has 3 heteroatoms. The minimum Gasteiger partial charge on any atom is -0.297 e. The first-order valence-corrected chi connectivity index (χ1v) is 7.13. The van der Waals surface area contributed by atoms with Crippen molar-refractivity contribution in [2.24, 2.45) is 0 Å². The number of rotatable bonds is 4. The zero-order chi connectivity index (χ0) is 11.6. The van der Waals surface area contributed by atoms with E-state index in [-0.39, 0.29) is 0 Å². The topological polar surface area (TPSA) is 17.1 Å². The maximum absolute atomic E-state index is 10.3. The van der Waals surface area contributed by atoms with Gasteiger partial charge in [0.1, 0.15) is 0 Å². The molecule has 0 aliphatic rings. The monoisotopic (exact) mass is 252 g/mol. The molecule has 0 radical (unpaired) electrons. The quantitative estimate of drug-likeness (QED) is 0.724. The van der Waals surface area contributed by atoms with Crippen molar-refractivity contribution in [1.82, 2.24) is 0 Å². The van der Waals surface area contributed by atoms with Crippen LogP contribution in [0, 0.1) is 0 Å². The zero-order valence-corrected chi connectivity index (χ0v) is 11.0. The van der Waals surface area contributed by atoms with Crippen molar-refractivity contribution in [1.29, 1.82) is 0 Å². The first kappa shape index (κ1) is 13.1. The Bertz CT molecular complexity index is 359. The highest BCUT2D eigenvalue weighted by molar-refractivity contribution is 7.13. The Balaban J connectivity index is 0.000000212. The maximum atomic E-state index is 10.3. The largest absolute Gasteiger partial charge is 0.297 e. The molecule has 2 heterocycles. The van der Waals surface area contributed by atoms with Gasteiger partial charge in [0.15, 0.2) is 6.29 Å². The van der Waals surface area contributed by atoms with E-state index in [0.717, 1.165) is 17.6 Å². The zero-order valence-electron chi connectivity index (χ0n) is 9.39. The molecule has 2 aromatic heterocycles. The summed E-state index contributed by atoms with van der Waals surface area (Å²) in [5.74, 6) is 0. The average Bonchev–Trinajstić information content (AvgIpc) is 3.00. The molecular formula is C13H16OS2. The van der Waals surface area contributed by atoms with Gasteiger partial charge in [-0.1, -0.05) is 25.5 Å². The Morgan fingerprint density at radius 2 is 2.00 bits per heavy atom. The molecule has 0 aliphatic heterocycles. The fraction of sp³-hybridized carbons (Fsp3) is 0.308. The van der Waals surface area contributed by atoms with Crippen molar-refractivity contribution < 1.29 is 4.79 Å². The highest BCUT2D eigenvalue weighted by Crippen LogP contribution is 2.16. The van der Waals surface area contributed by atoms with Crippen LogP contribution in [0.2, 0.25) is 0 Å². The summed E-state index contributed by atoms with van der Waals surface area (Å²) in [6, 6.07) is 7.97. The Morgan fingerprint density at radius 1 is 1.25 bits per heavy atom. The summed E-state index contributed by atoms with van der Waals surface area (Å²) in [5, 5.41) is 4.08. The van der Waals surface area contributed by atoms with Crippen molar-refractivity contribution in [2.75, 3.05) is 0 Å². The number of aryl methyl sites for hydroxylation is 1. The van der Waals surface area contributed by atoms with Crippen LogP contribution < -0.4 is 0 Å². The molecule has 0 aliphatic carbocycles. The summed E-state index contributed by atoms with van der Waals surface area (Å²) >= 11 is 3.32. The van der Waals surface area contributed by atoms with Crippen LogP contribution >= 0.6 is 22.7 Å². The molecule has 0 spiro atoms. The van der Waals surface area contributed by atoms with Crippen molar-refractivity contribution in [2.45, 2.75) is 26.2 Å². The van der Waals surface area contributed by atoms with Crippen LogP contribution in [0.1, 0.15) is 34.3 Å². The van der Waals surface area contributed by atoms with Gasteiger partial charge in [-0.05, 0) is 35.7 Å². The van der Waals surface area contributed by atoms with Crippen LogP contribution in [0.5, 0.6) is 0 Å². The Hall–Kier alpha value is -0.930. The smallest absolute Gasteiger partial charge is 0.160 e. The van der Waals surface area contributed by atoms with E-state index < -0.39 is 0 Å². The third-order valence-electron chi connectivity index (χ3n) is 2.00. The molecule has 0 amide bonds. The molecule has 0 atom stereocenters. The first-order chi connectivity index (χ1) is 7.86. The Morgan fingerprint density at radius 3 is 2.44 bits per heavy atom. The third-order valence-corrected chi connectivity index (χ3v) is 3.70. The Kier molecular flexibility index (Phi) is 6.77. The fourth-order valence-corrected chi connectivity index (χ4v) is 2.49. The van der Waals surface area contributed by atoms with E-state index in [9.17, 15) is 4.79 Å². The van der Waals surface area contributed by atoms with Gasteiger partial charge in [-0.2, -0.15) is 11.3 Å². The Labute approximate surface area is 105 Å².